The predicted octanol–water partition coefficient (Wildman–Crippen LogP) is 5.48. The summed E-state index contributed by atoms with van der Waals surface area (Å²) in [6.07, 6.45) is 2.49. The van der Waals surface area contributed by atoms with E-state index in [0.29, 0.717) is 12.0 Å². The summed E-state index contributed by atoms with van der Waals surface area (Å²) in [5.41, 5.74) is 5.52. The minimum atomic E-state index is 0.591. The van der Waals surface area contributed by atoms with Crippen molar-refractivity contribution in [1.82, 2.24) is 0 Å². The van der Waals surface area contributed by atoms with Crippen LogP contribution in [0, 0.1) is 6.92 Å². The lowest BCUT2D eigenvalue weighted by atomic mass is 9.75. The van der Waals surface area contributed by atoms with Gasteiger partial charge in [0, 0.05) is 11.7 Å². The van der Waals surface area contributed by atoms with Crippen LogP contribution in [0.25, 0.3) is 0 Å². The van der Waals surface area contributed by atoms with E-state index in [0.717, 1.165) is 5.92 Å². The normalized spacial score (nSPS) is 21.1. The topological polar surface area (TPSA) is 12.0 Å². The molecule has 1 saturated carbocycles. The van der Waals surface area contributed by atoms with Gasteiger partial charge in [0.2, 0.25) is 0 Å². The van der Waals surface area contributed by atoms with E-state index >= 15 is 0 Å². The molecule has 0 bridgehead atoms. The molecule has 1 aliphatic carbocycles. The van der Waals surface area contributed by atoms with E-state index in [4.69, 9.17) is 0 Å². The van der Waals surface area contributed by atoms with Crippen LogP contribution >= 0.6 is 0 Å². The number of anilines is 1. The highest BCUT2D eigenvalue weighted by molar-refractivity contribution is 5.48. The molecule has 0 heterocycles. The van der Waals surface area contributed by atoms with Crippen molar-refractivity contribution in [2.75, 3.05) is 5.32 Å². The third-order valence-corrected chi connectivity index (χ3v) is 4.61. The van der Waals surface area contributed by atoms with Gasteiger partial charge in [-0.3, -0.25) is 0 Å². The molecular weight excluding hydrogens is 254 g/mol. The number of rotatable bonds is 4. The van der Waals surface area contributed by atoms with Gasteiger partial charge in [-0.1, -0.05) is 55.8 Å². The first kappa shape index (κ1) is 14.2. The Morgan fingerprint density at radius 1 is 1.00 bits per heavy atom. The van der Waals surface area contributed by atoms with Crippen molar-refractivity contribution < 1.29 is 0 Å². The lowest BCUT2D eigenvalue weighted by Gasteiger charge is -2.37. The second-order valence-corrected chi connectivity index (χ2v) is 6.70. The highest BCUT2D eigenvalue weighted by atomic mass is 14.9. The van der Waals surface area contributed by atoms with Crippen molar-refractivity contribution in [2.24, 2.45) is 0 Å². The zero-order valence-electron chi connectivity index (χ0n) is 13.3. The summed E-state index contributed by atoms with van der Waals surface area (Å²) in [7, 11) is 0. The Labute approximate surface area is 128 Å². The summed E-state index contributed by atoms with van der Waals surface area (Å²) in [6.45, 7) is 6.64. The summed E-state index contributed by atoms with van der Waals surface area (Å²) in [5.74, 6) is 1.32. The second-order valence-electron chi connectivity index (χ2n) is 6.70. The van der Waals surface area contributed by atoms with Crippen LogP contribution in [0.2, 0.25) is 0 Å². The third kappa shape index (κ3) is 3.29. The number of aryl methyl sites for hydroxylation is 1. The van der Waals surface area contributed by atoms with Gasteiger partial charge in [0.05, 0.1) is 0 Å². The average Bonchev–Trinajstić information content (AvgIpc) is 2.44. The average molecular weight is 279 g/mol. The SMILES string of the molecule is Cc1ccc(C2CC(Nc3cccc(C(C)C)c3)C2)cc1. The van der Waals surface area contributed by atoms with E-state index in [9.17, 15) is 0 Å². The summed E-state index contributed by atoms with van der Waals surface area (Å²) in [4.78, 5) is 0. The molecule has 0 amide bonds. The molecule has 0 aliphatic heterocycles. The molecule has 1 heteroatoms. The molecule has 0 atom stereocenters. The van der Waals surface area contributed by atoms with Crippen molar-refractivity contribution >= 4 is 5.69 Å². The van der Waals surface area contributed by atoms with E-state index in [-0.39, 0.29) is 0 Å². The minimum absolute atomic E-state index is 0.591. The Kier molecular flexibility index (Phi) is 4.01. The maximum absolute atomic E-state index is 3.68. The number of benzene rings is 2. The maximum atomic E-state index is 3.68. The van der Waals surface area contributed by atoms with Crippen LogP contribution < -0.4 is 5.32 Å². The molecule has 1 N–H and O–H groups in total. The monoisotopic (exact) mass is 279 g/mol. The Bertz CT molecular complexity index is 591. The maximum Gasteiger partial charge on any atom is 0.0345 e. The second kappa shape index (κ2) is 5.93. The van der Waals surface area contributed by atoms with Gasteiger partial charge in [0.15, 0.2) is 0 Å². The van der Waals surface area contributed by atoms with Gasteiger partial charge in [0.1, 0.15) is 0 Å². The van der Waals surface area contributed by atoms with Gasteiger partial charge in [-0.15, -0.1) is 0 Å². The quantitative estimate of drug-likeness (QED) is 0.781. The first-order chi connectivity index (χ1) is 10.1. The zero-order valence-corrected chi connectivity index (χ0v) is 13.3. The van der Waals surface area contributed by atoms with Crippen LogP contribution in [0.3, 0.4) is 0 Å². The van der Waals surface area contributed by atoms with Gasteiger partial charge in [-0.25, -0.2) is 0 Å². The van der Waals surface area contributed by atoms with Crippen LogP contribution in [0.4, 0.5) is 5.69 Å². The molecule has 3 rings (SSSR count). The molecule has 0 radical (unpaired) electrons. The van der Waals surface area contributed by atoms with Gasteiger partial charge in [0.25, 0.3) is 0 Å². The molecule has 1 aliphatic rings. The molecule has 110 valence electrons. The molecule has 0 aromatic heterocycles. The predicted molar refractivity (Wildman–Crippen MR) is 91.1 cm³/mol. The van der Waals surface area contributed by atoms with E-state index in [1.165, 1.54) is 35.2 Å². The summed E-state index contributed by atoms with van der Waals surface area (Å²) in [5, 5.41) is 3.68. The van der Waals surface area contributed by atoms with Crippen LogP contribution in [0.15, 0.2) is 48.5 Å². The van der Waals surface area contributed by atoms with Crippen molar-refractivity contribution in [3.8, 4) is 0 Å². The van der Waals surface area contributed by atoms with E-state index < -0.39 is 0 Å². The van der Waals surface area contributed by atoms with E-state index in [2.05, 4.69) is 74.6 Å². The van der Waals surface area contributed by atoms with Crippen molar-refractivity contribution in [3.05, 3.63) is 65.2 Å². The first-order valence-electron chi connectivity index (χ1n) is 8.05. The standard InChI is InChI=1S/C20H25N/c1-14(2)17-5-4-6-19(11-17)21-20-12-18(13-20)16-9-7-15(3)8-10-16/h4-11,14,18,20-21H,12-13H2,1-3H3. The lowest BCUT2D eigenvalue weighted by Crippen LogP contribution is -2.34. The van der Waals surface area contributed by atoms with Crippen molar-refractivity contribution in [1.29, 1.82) is 0 Å². The Hall–Kier alpha value is -1.76. The number of hydrogen-bond acceptors (Lipinski definition) is 1. The van der Waals surface area contributed by atoms with Gasteiger partial charge in [-0.05, 0) is 54.9 Å². The molecule has 1 nitrogen and oxygen atoms in total. The van der Waals surface area contributed by atoms with E-state index in [1.807, 2.05) is 0 Å². The highest BCUT2D eigenvalue weighted by Crippen LogP contribution is 2.38. The van der Waals surface area contributed by atoms with Gasteiger partial charge < -0.3 is 5.32 Å². The summed E-state index contributed by atoms with van der Waals surface area (Å²) < 4.78 is 0. The molecule has 2 aromatic carbocycles. The van der Waals surface area contributed by atoms with Gasteiger partial charge >= 0.3 is 0 Å². The van der Waals surface area contributed by atoms with Crippen LogP contribution in [-0.4, -0.2) is 6.04 Å². The first-order valence-corrected chi connectivity index (χ1v) is 8.05. The summed E-state index contributed by atoms with van der Waals surface area (Å²) >= 11 is 0. The fourth-order valence-corrected chi connectivity index (χ4v) is 3.07. The minimum Gasteiger partial charge on any atom is -0.382 e. The molecule has 21 heavy (non-hydrogen) atoms. The fourth-order valence-electron chi connectivity index (χ4n) is 3.07. The smallest absolute Gasteiger partial charge is 0.0345 e. The Morgan fingerprint density at radius 3 is 2.38 bits per heavy atom. The van der Waals surface area contributed by atoms with Crippen molar-refractivity contribution in [2.45, 2.75) is 51.5 Å². The third-order valence-electron chi connectivity index (χ3n) is 4.61. The molecule has 1 fully saturated rings. The highest BCUT2D eigenvalue weighted by Gasteiger charge is 2.30. The lowest BCUT2D eigenvalue weighted by molar-refractivity contribution is 0.374. The molecule has 0 saturated heterocycles. The largest absolute Gasteiger partial charge is 0.382 e. The molecule has 0 unspecified atom stereocenters. The number of hydrogen-bond donors (Lipinski definition) is 1. The molecule has 0 spiro atoms. The number of nitrogens with one attached hydrogen (secondary N) is 1. The fraction of sp³-hybridized carbons (Fsp3) is 0.400. The van der Waals surface area contributed by atoms with Crippen LogP contribution in [-0.2, 0) is 0 Å². The van der Waals surface area contributed by atoms with Gasteiger partial charge in [-0.2, -0.15) is 0 Å². The van der Waals surface area contributed by atoms with Crippen molar-refractivity contribution in [3.63, 3.8) is 0 Å². The van der Waals surface area contributed by atoms with Crippen LogP contribution in [0.1, 0.15) is 55.2 Å². The Balaban J connectivity index is 1.57. The Morgan fingerprint density at radius 2 is 1.71 bits per heavy atom. The molecular formula is C20H25N. The van der Waals surface area contributed by atoms with Crippen LogP contribution in [0.5, 0.6) is 0 Å². The van der Waals surface area contributed by atoms with E-state index in [1.54, 1.807) is 0 Å². The zero-order chi connectivity index (χ0) is 14.8. The molecule has 2 aromatic rings. The summed E-state index contributed by atoms with van der Waals surface area (Å²) in [6, 6.07) is 18.5.